The summed E-state index contributed by atoms with van der Waals surface area (Å²) in [6, 6.07) is 12.0. The smallest absolute Gasteiger partial charge is 0.270 e. The highest BCUT2D eigenvalue weighted by atomic mass is 79.9. The standard InChI is InChI=1S/C16H9BrFN3O3/c17-16-13(9-22)15(19-20(16)10-4-2-1-3-5-10)12-8-11(21(23)24)6-7-14(12)18/h1-9H. The second-order valence-corrected chi connectivity index (χ2v) is 5.59. The zero-order valence-corrected chi connectivity index (χ0v) is 13.6. The largest absolute Gasteiger partial charge is 0.298 e. The molecule has 0 atom stereocenters. The van der Waals surface area contributed by atoms with Crippen molar-refractivity contribution < 1.29 is 14.1 Å². The Balaban J connectivity index is 2.24. The molecule has 2 aromatic carbocycles. The van der Waals surface area contributed by atoms with Gasteiger partial charge in [0.25, 0.3) is 5.69 Å². The number of non-ortho nitro benzene ring substituents is 1. The van der Waals surface area contributed by atoms with Crippen LogP contribution in [0.4, 0.5) is 10.1 Å². The zero-order chi connectivity index (χ0) is 17.3. The van der Waals surface area contributed by atoms with Crippen LogP contribution in [0.1, 0.15) is 10.4 Å². The van der Waals surface area contributed by atoms with Gasteiger partial charge in [-0.3, -0.25) is 14.9 Å². The number of rotatable bonds is 4. The number of halogens is 2. The second-order valence-electron chi connectivity index (χ2n) is 4.84. The van der Waals surface area contributed by atoms with Crippen LogP contribution in [0.15, 0.2) is 53.1 Å². The van der Waals surface area contributed by atoms with Crippen molar-refractivity contribution in [1.82, 2.24) is 9.78 Å². The fourth-order valence-corrected chi connectivity index (χ4v) is 2.83. The van der Waals surface area contributed by atoms with Gasteiger partial charge in [-0.2, -0.15) is 5.10 Å². The zero-order valence-electron chi connectivity index (χ0n) is 12.0. The first-order chi connectivity index (χ1) is 11.5. The highest BCUT2D eigenvalue weighted by Crippen LogP contribution is 2.33. The van der Waals surface area contributed by atoms with E-state index in [2.05, 4.69) is 21.0 Å². The molecule has 3 aromatic rings. The molecule has 0 aliphatic carbocycles. The third kappa shape index (κ3) is 2.71. The minimum absolute atomic E-state index is 0.0296. The van der Waals surface area contributed by atoms with Crippen molar-refractivity contribution in [2.75, 3.05) is 0 Å². The molecule has 120 valence electrons. The highest BCUT2D eigenvalue weighted by Gasteiger charge is 2.22. The van der Waals surface area contributed by atoms with Crippen molar-refractivity contribution in [2.45, 2.75) is 0 Å². The Morgan fingerprint density at radius 2 is 1.92 bits per heavy atom. The lowest BCUT2D eigenvalue weighted by Gasteiger charge is -2.02. The summed E-state index contributed by atoms with van der Waals surface area (Å²) in [5.41, 5.74) is 0.403. The van der Waals surface area contributed by atoms with Crippen molar-refractivity contribution in [3.63, 3.8) is 0 Å². The van der Waals surface area contributed by atoms with Crippen LogP contribution in [-0.4, -0.2) is 21.0 Å². The number of aldehydes is 1. The van der Waals surface area contributed by atoms with Gasteiger partial charge in [0.05, 0.1) is 16.2 Å². The second kappa shape index (κ2) is 6.32. The van der Waals surface area contributed by atoms with E-state index in [0.717, 1.165) is 18.2 Å². The molecule has 0 amide bonds. The van der Waals surface area contributed by atoms with Crippen molar-refractivity contribution in [2.24, 2.45) is 0 Å². The summed E-state index contributed by atoms with van der Waals surface area (Å²) in [4.78, 5) is 21.7. The number of carbonyl (C=O) groups is 1. The van der Waals surface area contributed by atoms with E-state index in [1.807, 2.05) is 6.07 Å². The summed E-state index contributed by atoms with van der Waals surface area (Å²) in [6.07, 6.45) is 0.532. The molecule has 0 saturated heterocycles. The maximum Gasteiger partial charge on any atom is 0.270 e. The third-order valence-electron chi connectivity index (χ3n) is 3.40. The number of carbonyl (C=O) groups excluding carboxylic acids is 1. The molecule has 0 bridgehead atoms. The van der Waals surface area contributed by atoms with Gasteiger partial charge in [0.2, 0.25) is 0 Å². The molecule has 0 radical (unpaired) electrons. The molecule has 1 aromatic heterocycles. The first kappa shape index (κ1) is 16.0. The molecular formula is C16H9BrFN3O3. The Kier molecular flexibility index (Phi) is 4.22. The molecule has 0 saturated carbocycles. The number of hydrogen-bond donors (Lipinski definition) is 0. The first-order valence-electron chi connectivity index (χ1n) is 6.76. The third-order valence-corrected chi connectivity index (χ3v) is 4.16. The minimum atomic E-state index is -0.700. The molecule has 0 unspecified atom stereocenters. The normalized spacial score (nSPS) is 10.6. The molecule has 0 aliphatic rings. The van der Waals surface area contributed by atoms with Crippen molar-refractivity contribution in [3.05, 3.63) is 74.6 Å². The van der Waals surface area contributed by atoms with E-state index in [1.54, 1.807) is 24.3 Å². The Bertz CT molecular complexity index is 941. The average molecular weight is 390 g/mol. The monoisotopic (exact) mass is 389 g/mol. The van der Waals surface area contributed by atoms with E-state index in [-0.39, 0.29) is 22.5 Å². The number of aromatic nitrogens is 2. The topological polar surface area (TPSA) is 78.0 Å². The van der Waals surface area contributed by atoms with Gasteiger partial charge >= 0.3 is 0 Å². The predicted molar refractivity (Wildman–Crippen MR) is 88.7 cm³/mol. The average Bonchev–Trinajstić information content (AvgIpc) is 2.92. The molecule has 24 heavy (non-hydrogen) atoms. The quantitative estimate of drug-likeness (QED) is 0.381. The van der Waals surface area contributed by atoms with Crippen LogP contribution in [0.3, 0.4) is 0 Å². The van der Waals surface area contributed by atoms with Crippen molar-refractivity contribution >= 4 is 27.9 Å². The molecule has 8 heteroatoms. The molecule has 0 fully saturated rings. The van der Waals surface area contributed by atoms with Gasteiger partial charge in [-0.1, -0.05) is 18.2 Å². The van der Waals surface area contributed by atoms with Gasteiger partial charge in [0.1, 0.15) is 16.1 Å². The maximum absolute atomic E-state index is 14.2. The lowest BCUT2D eigenvalue weighted by molar-refractivity contribution is -0.384. The van der Waals surface area contributed by atoms with Crippen LogP contribution in [-0.2, 0) is 0 Å². The van der Waals surface area contributed by atoms with Gasteiger partial charge in [-0.05, 0) is 34.1 Å². The maximum atomic E-state index is 14.2. The summed E-state index contributed by atoms with van der Waals surface area (Å²) in [6.45, 7) is 0. The van der Waals surface area contributed by atoms with Crippen LogP contribution in [0.25, 0.3) is 16.9 Å². The van der Waals surface area contributed by atoms with E-state index < -0.39 is 10.7 Å². The number of nitro benzene ring substituents is 1. The number of hydrogen-bond acceptors (Lipinski definition) is 4. The lowest BCUT2D eigenvalue weighted by atomic mass is 10.1. The van der Waals surface area contributed by atoms with Gasteiger partial charge in [-0.15, -0.1) is 0 Å². The predicted octanol–water partition coefficient (Wildman–Crippen LogP) is 4.16. The molecule has 6 nitrogen and oxygen atoms in total. The Morgan fingerprint density at radius 3 is 2.54 bits per heavy atom. The van der Waals surface area contributed by atoms with Crippen molar-refractivity contribution in [3.8, 4) is 16.9 Å². The van der Waals surface area contributed by atoms with E-state index in [4.69, 9.17) is 0 Å². The first-order valence-corrected chi connectivity index (χ1v) is 7.55. The Labute approximate surface area is 143 Å². The molecular weight excluding hydrogens is 381 g/mol. The number of benzene rings is 2. The molecule has 3 rings (SSSR count). The summed E-state index contributed by atoms with van der Waals surface area (Å²) >= 11 is 3.28. The summed E-state index contributed by atoms with van der Waals surface area (Å²) in [5, 5.41) is 15.2. The fourth-order valence-electron chi connectivity index (χ4n) is 2.26. The van der Waals surface area contributed by atoms with E-state index in [9.17, 15) is 19.3 Å². The number of nitrogens with zero attached hydrogens (tertiary/aromatic N) is 3. The summed E-state index contributed by atoms with van der Waals surface area (Å²) < 4.78 is 15.9. The number of para-hydroxylation sites is 1. The summed E-state index contributed by atoms with van der Waals surface area (Å²) in [7, 11) is 0. The molecule has 0 aliphatic heterocycles. The highest BCUT2D eigenvalue weighted by molar-refractivity contribution is 9.10. The van der Waals surface area contributed by atoms with Crippen LogP contribution in [0.2, 0.25) is 0 Å². The Hall–Kier alpha value is -2.87. The molecule has 0 N–H and O–H groups in total. The van der Waals surface area contributed by atoms with Crippen LogP contribution < -0.4 is 0 Å². The number of nitro groups is 1. The van der Waals surface area contributed by atoms with Gasteiger partial charge < -0.3 is 0 Å². The fraction of sp³-hybridized carbons (Fsp3) is 0. The van der Waals surface area contributed by atoms with Gasteiger partial charge in [-0.25, -0.2) is 9.07 Å². The van der Waals surface area contributed by atoms with E-state index in [0.29, 0.717) is 16.6 Å². The summed E-state index contributed by atoms with van der Waals surface area (Å²) in [5.74, 6) is -0.700. The minimum Gasteiger partial charge on any atom is -0.298 e. The molecule has 0 spiro atoms. The van der Waals surface area contributed by atoms with Crippen LogP contribution in [0, 0.1) is 15.9 Å². The van der Waals surface area contributed by atoms with E-state index in [1.165, 1.54) is 4.68 Å². The van der Waals surface area contributed by atoms with Crippen LogP contribution >= 0.6 is 15.9 Å². The van der Waals surface area contributed by atoms with Gasteiger partial charge in [0, 0.05) is 17.7 Å². The lowest BCUT2D eigenvalue weighted by Crippen LogP contribution is -1.97. The van der Waals surface area contributed by atoms with Crippen LogP contribution in [0.5, 0.6) is 0 Å². The SMILES string of the molecule is O=Cc1c(-c2cc([N+](=O)[O-])ccc2F)nn(-c2ccccc2)c1Br. The van der Waals surface area contributed by atoms with E-state index >= 15 is 0 Å². The Morgan fingerprint density at radius 1 is 1.21 bits per heavy atom. The van der Waals surface area contributed by atoms with Crippen molar-refractivity contribution in [1.29, 1.82) is 0 Å². The van der Waals surface area contributed by atoms with Gasteiger partial charge in [0.15, 0.2) is 6.29 Å². The molecule has 1 heterocycles.